The van der Waals surface area contributed by atoms with Gasteiger partial charge in [-0.1, -0.05) is 66.7 Å². The van der Waals surface area contributed by atoms with Gasteiger partial charge in [0.25, 0.3) is 0 Å². The van der Waals surface area contributed by atoms with Crippen LogP contribution in [-0.2, 0) is 19.1 Å². The first-order chi connectivity index (χ1) is 17.6. The Kier molecular flexibility index (Phi) is 11.8. The number of carbonyl (C=O) groups is 2. The fraction of sp³-hybridized carbons (Fsp3) is 0.500. The normalized spacial score (nSPS) is 23.8. The van der Waals surface area contributed by atoms with Crippen molar-refractivity contribution in [3.63, 3.8) is 0 Å². The van der Waals surface area contributed by atoms with Gasteiger partial charge in [0.1, 0.15) is 0 Å². The van der Waals surface area contributed by atoms with Crippen LogP contribution in [-0.4, -0.2) is 26.2 Å². The second-order valence-corrected chi connectivity index (χ2v) is 10.1. The number of hydrogen-bond acceptors (Lipinski definition) is 4. The van der Waals surface area contributed by atoms with Crippen LogP contribution in [0.25, 0.3) is 0 Å². The molecule has 36 heavy (non-hydrogen) atoms. The number of allylic oxidation sites excluding steroid dienone is 1. The van der Waals surface area contributed by atoms with Crippen LogP contribution in [0.5, 0.6) is 0 Å². The predicted octanol–water partition coefficient (Wildman–Crippen LogP) is 7.60. The van der Waals surface area contributed by atoms with E-state index in [0.29, 0.717) is 24.2 Å². The summed E-state index contributed by atoms with van der Waals surface area (Å²) in [7, 11) is 2.88. The first kappa shape index (κ1) is 27.7. The van der Waals surface area contributed by atoms with E-state index in [1.165, 1.54) is 63.9 Å². The number of carbonyl (C=O) groups excluding carboxylic acids is 2. The highest BCUT2D eigenvalue weighted by Gasteiger charge is 2.23. The fourth-order valence-corrected chi connectivity index (χ4v) is 5.59. The van der Waals surface area contributed by atoms with Gasteiger partial charge in [-0.25, -0.2) is 4.79 Å². The molecule has 0 bridgehead atoms. The van der Waals surface area contributed by atoms with Gasteiger partial charge in [-0.15, -0.1) is 0 Å². The van der Waals surface area contributed by atoms with Crippen molar-refractivity contribution in [1.29, 1.82) is 0 Å². The molecule has 0 amide bonds. The molecule has 4 nitrogen and oxygen atoms in total. The van der Waals surface area contributed by atoms with Crippen LogP contribution in [0, 0.1) is 11.8 Å². The predicted molar refractivity (Wildman–Crippen MR) is 145 cm³/mol. The topological polar surface area (TPSA) is 52.6 Å². The summed E-state index contributed by atoms with van der Waals surface area (Å²) in [6.07, 6.45) is 14.9. The summed E-state index contributed by atoms with van der Waals surface area (Å²) in [6, 6.07) is 21.5. The maximum atomic E-state index is 11.1. The van der Waals surface area contributed by atoms with E-state index < -0.39 is 0 Å². The van der Waals surface area contributed by atoms with Gasteiger partial charge >= 0.3 is 11.9 Å². The standard InChI is InChI=1S/C16H22O2.C16H20O2/c2*1-18-16(17)12-9-13-7-10-15(11-8-13)14-5-3-2-4-6-14/h2-6,13,15H,7-12H2,1H3;2-6,9,12-13,15H,7-8,10-11H2,1H3/b;12-9+. The van der Waals surface area contributed by atoms with E-state index in [0.717, 1.165) is 25.2 Å². The summed E-state index contributed by atoms with van der Waals surface area (Å²) in [6.45, 7) is 0. The third kappa shape index (κ3) is 9.29. The maximum Gasteiger partial charge on any atom is 0.330 e. The zero-order valence-electron chi connectivity index (χ0n) is 21.9. The molecule has 0 heterocycles. The molecule has 0 unspecified atom stereocenters. The molecule has 2 aromatic carbocycles. The summed E-state index contributed by atoms with van der Waals surface area (Å²) in [5.74, 6) is 2.34. The SMILES string of the molecule is COC(=O)/C=C/C1CCC(c2ccccc2)CC1.COC(=O)CCC1CCC(c2ccccc2)CC1. The minimum absolute atomic E-state index is 0.0693. The summed E-state index contributed by atoms with van der Waals surface area (Å²) >= 11 is 0. The number of rotatable bonds is 7. The second kappa shape index (κ2) is 15.3. The first-order valence-electron chi connectivity index (χ1n) is 13.5. The van der Waals surface area contributed by atoms with Gasteiger partial charge in [-0.05, 0) is 92.6 Å². The highest BCUT2D eigenvalue weighted by Crippen LogP contribution is 2.37. The monoisotopic (exact) mass is 490 g/mol. The molecule has 2 aliphatic rings. The van der Waals surface area contributed by atoms with Crippen molar-refractivity contribution in [2.45, 2.75) is 76.0 Å². The van der Waals surface area contributed by atoms with Crippen LogP contribution in [0.1, 0.15) is 87.2 Å². The largest absolute Gasteiger partial charge is 0.469 e. The van der Waals surface area contributed by atoms with Crippen LogP contribution in [0.4, 0.5) is 0 Å². The number of methoxy groups -OCH3 is 2. The molecular weight excluding hydrogens is 448 g/mol. The molecular formula is C32H42O4. The van der Waals surface area contributed by atoms with Crippen molar-refractivity contribution in [3.8, 4) is 0 Å². The van der Waals surface area contributed by atoms with Crippen molar-refractivity contribution in [2.24, 2.45) is 11.8 Å². The molecule has 0 atom stereocenters. The number of ether oxygens (including phenoxy) is 2. The summed E-state index contributed by atoms with van der Waals surface area (Å²) in [4.78, 5) is 22.1. The third-order valence-electron chi connectivity index (χ3n) is 7.85. The van der Waals surface area contributed by atoms with E-state index in [9.17, 15) is 9.59 Å². The summed E-state index contributed by atoms with van der Waals surface area (Å²) in [5, 5.41) is 0. The lowest BCUT2D eigenvalue weighted by atomic mass is 9.77. The second-order valence-electron chi connectivity index (χ2n) is 10.1. The van der Waals surface area contributed by atoms with Gasteiger partial charge in [0.05, 0.1) is 14.2 Å². The van der Waals surface area contributed by atoms with Crippen LogP contribution < -0.4 is 0 Å². The Morgan fingerprint density at radius 1 is 0.722 bits per heavy atom. The molecule has 2 aliphatic carbocycles. The Bertz CT molecular complexity index is 921. The van der Waals surface area contributed by atoms with Crippen LogP contribution in [0.15, 0.2) is 72.8 Å². The van der Waals surface area contributed by atoms with Crippen LogP contribution >= 0.6 is 0 Å². The molecule has 2 fully saturated rings. The fourth-order valence-electron chi connectivity index (χ4n) is 5.59. The third-order valence-corrected chi connectivity index (χ3v) is 7.85. The van der Waals surface area contributed by atoms with Crippen molar-refractivity contribution in [1.82, 2.24) is 0 Å². The Labute approximate surface area is 217 Å². The quantitative estimate of drug-likeness (QED) is 0.296. The molecule has 0 aliphatic heterocycles. The molecule has 2 saturated carbocycles. The van der Waals surface area contributed by atoms with Gasteiger partial charge in [0.15, 0.2) is 0 Å². The van der Waals surface area contributed by atoms with Crippen LogP contribution in [0.3, 0.4) is 0 Å². The molecule has 4 heteroatoms. The molecule has 0 N–H and O–H groups in total. The number of benzene rings is 2. The lowest BCUT2D eigenvalue weighted by Crippen LogP contribution is -2.14. The van der Waals surface area contributed by atoms with Gasteiger partial charge in [0.2, 0.25) is 0 Å². The van der Waals surface area contributed by atoms with E-state index in [-0.39, 0.29) is 11.9 Å². The molecule has 0 radical (unpaired) electrons. The summed E-state index contributed by atoms with van der Waals surface area (Å²) in [5.41, 5.74) is 2.93. The maximum absolute atomic E-state index is 11.1. The van der Waals surface area contributed by atoms with Gasteiger partial charge < -0.3 is 9.47 Å². The van der Waals surface area contributed by atoms with E-state index in [4.69, 9.17) is 4.74 Å². The smallest absolute Gasteiger partial charge is 0.330 e. The highest BCUT2D eigenvalue weighted by atomic mass is 16.5. The lowest BCUT2D eigenvalue weighted by molar-refractivity contribution is -0.141. The van der Waals surface area contributed by atoms with Crippen molar-refractivity contribution in [3.05, 3.63) is 83.9 Å². The van der Waals surface area contributed by atoms with E-state index in [2.05, 4.69) is 65.4 Å². The van der Waals surface area contributed by atoms with Gasteiger partial charge in [0, 0.05) is 12.5 Å². The average molecular weight is 491 g/mol. The molecule has 4 rings (SSSR count). The van der Waals surface area contributed by atoms with E-state index in [1.54, 1.807) is 6.08 Å². The highest BCUT2D eigenvalue weighted by molar-refractivity contribution is 5.81. The van der Waals surface area contributed by atoms with Gasteiger partial charge in [-0.3, -0.25) is 4.79 Å². The number of hydrogen-bond donors (Lipinski definition) is 0. The Morgan fingerprint density at radius 2 is 1.22 bits per heavy atom. The first-order valence-corrected chi connectivity index (χ1v) is 13.5. The van der Waals surface area contributed by atoms with Crippen LogP contribution in [0.2, 0.25) is 0 Å². The van der Waals surface area contributed by atoms with Gasteiger partial charge in [-0.2, -0.15) is 0 Å². The molecule has 0 aromatic heterocycles. The van der Waals surface area contributed by atoms with Crippen molar-refractivity contribution >= 4 is 11.9 Å². The Morgan fingerprint density at radius 3 is 1.69 bits per heavy atom. The molecule has 2 aromatic rings. The van der Waals surface area contributed by atoms with E-state index in [1.807, 2.05) is 6.08 Å². The van der Waals surface area contributed by atoms with Crippen molar-refractivity contribution < 1.29 is 19.1 Å². The summed E-state index contributed by atoms with van der Waals surface area (Å²) < 4.78 is 9.30. The average Bonchev–Trinajstić information content (AvgIpc) is 2.96. The molecule has 0 saturated heterocycles. The lowest BCUT2D eigenvalue weighted by Gasteiger charge is -2.28. The molecule has 194 valence electrons. The van der Waals surface area contributed by atoms with Crippen molar-refractivity contribution in [2.75, 3.05) is 14.2 Å². The Balaban J connectivity index is 0.000000201. The zero-order chi connectivity index (χ0) is 25.6. The minimum Gasteiger partial charge on any atom is -0.469 e. The molecule has 0 spiro atoms. The minimum atomic E-state index is -0.250. The number of esters is 2. The van der Waals surface area contributed by atoms with E-state index >= 15 is 0 Å². The Hall–Kier alpha value is -2.88. The zero-order valence-corrected chi connectivity index (χ0v) is 21.9.